The Bertz CT molecular complexity index is 6330. The van der Waals surface area contributed by atoms with Crippen LogP contribution >= 0.6 is 31.9 Å². The van der Waals surface area contributed by atoms with E-state index in [1.165, 1.54) is 137 Å². The van der Waals surface area contributed by atoms with Gasteiger partial charge in [-0.25, -0.2) is 0 Å². The topological polar surface area (TPSA) is 18.5 Å². The molecule has 0 saturated heterocycles. The van der Waals surface area contributed by atoms with E-state index in [9.17, 15) is 0 Å². The van der Waals surface area contributed by atoms with Crippen molar-refractivity contribution in [3.05, 3.63) is 456 Å². The molecule has 0 spiro atoms. The van der Waals surface area contributed by atoms with Crippen molar-refractivity contribution in [1.29, 1.82) is 0 Å². The molecule has 3 nitrogen and oxygen atoms in total. The van der Waals surface area contributed by atoms with Crippen LogP contribution in [-0.2, 0) is 10.8 Å². The highest BCUT2D eigenvalue weighted by Crippen LogP contribution is 2.57. The minimum absolute atomic E-state index is 0.0288. The van der Waals surface area contributed by atoms with Crippen molar-refractivity contribution in [3.8, 4) is 89.0 Å². The molecule has 0 atom stereocenters. The molecule has 2 aliphatic carbocycles. The van der Waals surface area contributed by atoms with Crippen molar-refractivity contribution in [1.82, 2.24) is 0 Å². The van der Waals surface area contributed by atoms with E-state index in [2.05, 4.69) is 487 Å². The van der Waals surface area contributed by atoms with Gasteiger partial charge in [-0.2, -0.15) is 0 Å². The van der Waals surface area contributed by atoms with E-state index in [1.807, 2.05) is 12.1 Å². The average molecular weight is 1610 g/mol. The maximum atomic E-state index is 3.75. The highest BCUT2D eigenvalue weighted by atomic mass is 79.9. The Labute approximate surface area is 692 Å². The third-order valence-corrected chi connectivity index (χ3v) is 24.0. The largest absolute Gasteiger partial charge is 0.355 e. The van der Waals surface area contributed by atoms with E-state index >= 15 is 0 Å². The first kappa shape index (κ1) is 73.3. The second-order valence-electron chi connectivity index (χ2n) is 30.7. The van der Waals surface area contributed by atoms with Crippen LogP contribution in [0.2, 0.25) is 0 Å². The lowest BCUT2D eigenvalue weighted by Crippen LogP contribution is -2.18. The first-order chi connectivity index (χ1) is 56.4. The molecule has 0 aromatic heterocycles. The number of hydrogen-bond acceptors (Lipinski definition) is 3. The van der Waals surface area contributed by atoms with E-state index in [-0.39, 0.29) is 10.8 Å². The summed E-state index contributed by atoms with van der Waals surface area (Å²) in [5, 5.41) is 8.59. The number of rotatable bonds is 14. The second-order valence-corrected chi connectivity index (χ2v) is 32.5. The molecular formula is C110H83Br2N3. The molecule has 18 aromatic carbocycles. The monoisotopic (exact) mass is 1600 g/mol. The standard InChI is InChI=1S/C67H50N2.C24H19N.C19H14Br2/c1-67(2)63-45-59(68(55-33-17-29-51(41-55)47-21-7-3-8-22-47)56-34-18-30-52(42-56)48-23-9-4-10-24-48)39-40-62(63)66-61-38-16-15-37-60(61)65(46-64(66)67)69(57-35-19-31-53(43-57)49-25-11-5-12-26-49)58-36-20-32-54(44-58)50-27-13-6-14-28-50;1-3-9-19(10-4-1)21-13-7-15-23(17-21)25-24-16-8-14-22(18-24)20-11-5-2-6-12-20;1-19(2)15-9-11(20)7-8-14(15)18-13-6-4-3-5-12(13)17(21)10-16(18)19/h3-46H,1-2H3;1-18,25H;3-10H,1-2H3. The van der Waals surface area contributed by atoms with Crippen molar-refractivity contribution in [2.24, 2.45) is 0 Å². The number of nitrogens with one attached hydrogen (secondary N) is 1. The molecule has 0 unspecified atom stereocenters. The van der Waals surface area contributed by atoms with Gasteiger partial charge in [-0.1, -0.05) is 375 Å². The van der Waals surface area contributed by atoms with Gasteiger partial charge in [0.15, 0.2) is 0 Å². The van der Waals surface area contributed by atoms with Crippen LogP contribution in [0.1, 0.15) is 49.9 Å². The first-order valence-corrected chi connectivity index (χ1v) is 41.0. The van der Waals surface area contributed by atoms with Gasteiger partial charge in [-0.15, -0.1) is 0 Å². The molecule has 0 aliphatic heterocycles. The molecule has 20 rings (SSSR count). The highest BCUT2D eigenvalue weighted by Gasteiger charge is 2.40. The number of anilines is 8. The maximum Gasteiger partial charge on any atom is 0.0543 e. The summed E-state index contributed by atoms with van der Waals surface area (Å²) in [4.78, 5) is 4.91. The fraction of sp³-hybridized carbons (Fsp3) is 0.0545. The summed E-state index contributed by atoms with van der Waals surface area (Å²) < 4.78 is 2.32. The summed E-state index contributed by atoms with van der Waals surface area (Å²) >= 11 is 7.37. The van der Waals surface area contributed by atoms with Crippen LogP contribution in [-0.4, -0.2) is 0 Å². The lowest BCUT2D eigenvalue weighted by Gasteiger charge is -2.31. The van der Waals surface area contributed by atoms with E-state index in [0.717, 1.165) is 50.0 Å². The lowest BCUT2D eigenvalue weighted by molar-refractivity contribution is 0.660. The molecule has 552 valence electrons. The Hall–Kier alpha value is -13.2. The van der Waals surface area contributed by atoms with Gasteiger partial charge in [-0.05, 0) is 237 Å². The van der Waals surface area contributed by atoms with E-state index < -0.39 is 0 Å². The van der Waals surface area contributed by atoms with Gasteiger partial charge >= 0.3 is 0 Å². The molecule has 0 fully saturated rings. The zero-order valence-electron chi connectivity index (χ0n) is 64.6. The van der Waals surface area contributed by atoms with Crippen LogP contribution in [0.25, 0.3) is 111 Å². The zero-order chi connectivity index (χ0) is 78.0. The van der Waals surface area contributed by atoms with Gasteiger partial charge in [0.05, 0.1) is 5.69 Å². The number of nitrogens with zero attached hydrogens (tertiary/aromatic N) is 2. The van der Waals surface area contributed by atoms with Gasteiger partial charge < -0.3 is 15.1 Å². The van der Waals surface area contributed by atoms with Crippen molar-refractivity contribution >= 4 is 98.9 Å². The van der Waals surface area contributed by atoms with Gasteiger partial charge in [0, 0.05) is 65.0 Å². The predicted molar refractivity (Wildman–Crippen MR) is 497 cm³/mol. The van der Waals surface area contributed by atoms with E-state index in [0.29, 0.717) is 0 Å². The number of halogens is 2. The normalized spacial score (nSPS) is 12.4. The first-order valence-electron chi connectivity index (χ1n) is 39.4. The highest BCUT2D eigenvalue weighted by molar-refractivity contribution is 9.11. The summed E-state index contributed by atoms with van der Waals surface area (Å²) in [5.41, 5.74) is 33.7. The SMILES string of the molecule is CC1(C)c2cc(Br)ccc2-c2c1cc(Br)c1ccccc21.CC1(C)c2cc(N(c3cccc(-c4ccccc4)c3)c3cccc(-c4ccccc4)c3)ccc2-c2c1cc(N(c1cccc(-c3ccccc3)c1)c1cccc(-c3ccccc3)c1)c1ccccc21.c1ccc(-c2cccc(Nc3cccc(-c4ccccc4)c3)c2)cc1. The van der Waals surface area contributed by atoms with Crippen molar-refractivity contribution in [2.45, 2.75) is 38.5 Å². The van der Waals surface area contributed by atoms with Crippen molar-refractivity contribution in [3.63, 3.8) is 0 Å². The Kier molecular flexibility index (Phi) is 20.3. The van der Waals surface area contributed by atoms with E-state index in [4.69, 9.17) is 0 Å². The summed E-state index contributed by atoms with van der Waals surface area (Å²) in [5.74, 6) is 0. The smallest absolute Gasteiger partial charge is 0.0543 e. The third-order valence-electron chi connectivity index (χ3n) is 22.8. The Balaban J connectivity index is 0.000000160. The summed E-state index contributed by atoms with van der Waals surface area (Å²) in [6.45, 7) is 9.44. The molecule has 18 aromatic rings. The summed E-state index contributed by atoms with van der Waals surface area (Å²) in [7, 11) is 0. The molecule has 1 N–H and O–H groups in total. The van der Waals surface area contributed by atoms with E-state index in [1.54, 1.807) is 0 Å². The van der Waals surface area contributed by atoms with Crippen molar-refractivity contribution in [2.75, 3.05) is 15.1 Å². The van der Waals surface area contributed by atoms with Gasteiger partial charge in [0.25, 0.3) is 0 Å². The predicted octanol–water partition coefficient (Wildman–Crippen LogP) is 32.2. The number of benzene rings is 18. The second kappa shape index (κ2) is 31.8. The summed E-state index contributed by atoms with van der Waals surface area (Å²) in [6.07, 6.45) is 0. The molecule has 115 heavy (non-hydrogen) atoms. The molecular weight excluding hydrogens is 1520 g/mol. The number of fused-ring (bicyclic) bond motifs is 10. The molecule has 0 bridgehead atoms. The van der Waals surface area contributed by atoms with Crippen LogP contribution in [0.15, 0.2) is 434 Å². The minimum atomic E-state index is -0.341. The fourth-order valence-corrected chi connectivity index (χ4v) is 18.0. The minimum Gasteiger partial charge on any atom is -0.355 e. The molecule has 0 saturated carbocycles. The van der Waals surface area contributed by atoms with Crippen LogP contribution in [0.5, 0.6) is 0 Å². The molecule has 0 radical (unpaired) electrons. The quantitative estimate of drug-likeness (QED) is 0.117. The molecule has 0 heterocycles. The maximum absolute atomic E-state index is 3.75. The van der Waals surface area contributed by atoms with Gasteiger partial charge in [-0.3, -0.25) is 0 Å². The van der Waals surface area contributed by atoms with Crippen LogP contribution in [0.3, 0.4) is 0 Å². The molecule has 0 amide bonds. The van der Waals surface area contributed by atoms with Crippen LogP contribution in [0.4, 0.5) is 45.5 Å². The molecule has 2 aliphatic rings. The van der Waals surface area contributed by atoms with Gasteiger partial charge in [0.2, 0.25) is 0 Å². The van der Waals surface area contributed by atoms with Gasteiger partial charge in [0.1, 0.15) is 0 Å². The molecule has 5 heteroatoms. The Morgan fingerprint density at radius 1 is 0.217 bits per heavy atom. The number of hydrogen-bond donors (Lipinski definition) is 1. The Morgan fingerprint density at radius 2 is 0.513 bits per heavy atom. The van der Waals surface area contributed by atoms with Crippen LogP contribution in [0, 0.1) is 0 Å². The summed E-state index contributed by atoms with van der Waals surface area (Å²) in [6, 6.07) is 153. The Morgan fingerprint density at radius 3 is 0.913 bits per heavy atom. The lowest BCUT2D eigenvalue weighted by atomic mass is 9.81. The van der Waals surface area contributed by atoms with Crippen LogP contribution < -0.4 is 15.1 Å². The average Bonchev–Trinajstić information content (AvgIpc) is 1.57. The van der Waals surface area contributed by atoms with Crippen molar-refractivity contribution < 1.29 is 0 Å². The fourth-order valence-electron chi connectivity index (χ4n) is 17.1. The third kappa shape index (κ3) is 14.7. The zero-order valence-corrected chi connectivity index (χ0v) is 67.7.